The lowest BCUT2D eigenvalue weighted by atomic mass is 9.80. The molecule has 5 nitrogen and oxygen atoms in total. The SMILES string of the molecule is C[N+]1(CCCOc2ccccc2)CC[C@H](OC(=O)[C@](O)(c2ccccc2)C2CCCC2)C1. The van der Waals surface area contributed by atoms with Crippen molar-refractivity contribution in [3.8, 4) is 5.75 Å². The second kappa shape index (κ2) is 10.1. The number of carbonyl (C=O) groups is 1. The molecular weight excluding hydrogens is 402 g/mol. The van der Waals surface area contributed by atoms with E-state index in [9.17, 15) is 9.90 Å². The zero-order valence-corrected chi connectivity index (χ0v) is 19.1. The van der Waals surface area contributed by atoms with Crippen molar-refractivity contribution in [3.05, 3.63) is 66.2 Å². The van der Waals surface area contributed by atoms with E-state index < -0.39 is 11.6 Å². The van der Waals surface area contributed by atoms with E-state index in [2.05, 4.69) is 7.05 Å². The van der Waals surface area contributed by atoms with E-state index in [0.29, 0.717) is 12.2 Å². The van der Waals surface area contributed by atoms with Gasteiger partial charge in [-0.2, -0.15) is 0 Å². The standard InChI is InChI=1S/C27H36NO4/c1-28(18-10-20-31-24-15-6-3-7-16-24)19-17-25(21-28)32-26(29)27(30,23-13-8-9-14-23)22-11-4-2-5-12-22/h2-7,11-12,15-16,23,25,30H,8-10,13-14,17-21H2,1H3/q+1/t25-,27-,28?/m0/s1. The van der Waals surface area contributed by atoms with Gasteiger partial charge in [0.15, 0.2) is 11.7 Å². The van der Waals surface area contributed by atoms with Crippen LogP contribution >= 0.6 is 0 Å². The molecule has 0 bridgehead atoms. The van der Waals surface area contributed by atoms with E-state index >= 15 is 0 Å². The molecule has 0 radical (unpaired) electrons. The van der Waals surface area contributed by atoms with Gasteiger partial charge in [0.25, 0.3) is 0 Å². The van der Waals surface area contributed by atoms with Gasteiger partial charge in [-0.3, -0.25) is 0 Å². The lowest BCUT2D eigenvalue weighted by Crippen LogP contribution is -2.47. The van der Waals surface area contributed by atoms with Crippen molar-refractivity contribution in [2.24, 2.45) is 5.92 Å². The van der Waals surface area contributed by atoms with Crippen molar-refractivity contribution >= 4 is 5.97 Å². The summed E-state index contributed by atoms with van der Waals surface area (Å²) < 4.78 is 12.7. The third kappa shape index (κ3) is 5.16. The van der Waals surface area contributed by atoms with Crippen molar-refractivity contribution < 1.29 is 23.9 Å². The van der Waals surface area contributed by atoms with E-state index in [0.717, 1.165) is 68.4 Å². The number of aliphatic hydroxyl groups is 1. The van der Waals surface area contributed by atoms with Crippen LogP contribution in [0.15, 0.2) is 60.7 Å². The van der Waals surface area contributed by atoms with Gasteiger partial charge in [-0.15, -0.1) is 0 Å². The van der Waals surface area contributed by atoms with Gasteiger partial charge >= 0.3 is 5.97 Å². The van der Waals surface area contributed by atoms with Gasteiger partial charge < -0.3 is 19.1 Å². The molecule has 2 fully saturated rings. The maximum Gasteiger partial charge on any atom is 0.343 e. The first-order valence-corrected chi connectivity index (χ1v) is 12.0. The Hall–Kier alpha value is -2.37. The number of para-hydroxylation sites is 1. The van der Waals surface area contributed by atoms with Gasteiger partial charge in [0, 0.05) is 18.8 Å². The third-order valence-corrected chi connectivity index (χ3v) is 7.23. The number of likely N-dealkylation sites (N-methyl/N-ethyl adjacent to an activating group) is 1. The van der Waals surface area contributed by atoms with Crippen LogP contribution in [0.2, 0.25) is 0 Å². The predicted octanol–water partition coefficient (Wildman–Crippen LogP) is 4.30. The van der Waals surface area contributed by atoms with Gasteiger partial charge in [-0.25, -0.2) is 4.79 Å². The first-order chi connectivity index (χ1) is 15.5. The highest BCUT2D eigenvalue weighted by molar-refractivity contribution is 5.81. The number of rotatable bonds is 9. The lowest BCUT2D eigenvalue weighted by Gasteiger charge is -2.33. The molecule has 2 aliphatic rings. The third-order valence-electron chi connectivity index (χ3n) is 7.23. The average Bonchev–Trinajstić information content (AvgIpc) is 3.48. The largest absolute Gasteiger partial charge is 0.493 e. The van der Waals surface area contributed by atoms with E-state index in [1.54, 1.807) is 0 Å². The Kier molecular flexibility index (Phi) is 7.17. The molecule has 0 spiro atoms. The summed E-state index contributed by atoms with van der Waals surface area (Å²) in [4.78, 5) is 13.3. The van der Waals surface area contributed by atoms with Crippen LogP contribution in [0.4, 0.5) is 0 Å². The molecule has 1 aliphatic carbocycles. The number of quaternary nitrogens is 1. The van der Waals surface area contributed by atoms with Crippen LogP contribution in [0.25, 0.3) is 0 Å². The number of hydrogen-bond donors (Lipinski definition) is 1. The molecule has 4 rings (SSSR count). The number of benzene rings is 2. The van der Waals surface area contributed by atoms with E-state index in [1.807, 2.05) is 60.7 Å². The van der Waals surface area contributed by atoms with Crippen LogP contribution in [0.5, 0.6) is 5.75 Å². The Balaban J connectivity index is 1.32. The smallest absolute Gasteiger partial charge is 0.343 e. The van der Waals surface area contributed by atoms with Crippen molar-refractivity contribution in [3.63, 3.8) is 0 Å². The lowest BCUT2D eigenvalue weighted by molar-refractivity contribution is -0.899. The number of carbonyl (C=O) groups excluding carboxylic acids is 1. The molecule has 1 saturated heterocycles. The second-order valence-electron chi connectivity index (χ2n) is 9.69. The molecule has 1 unspecified atom stereocenters. The molecule has 5 heteroatoms. The van der Waals surface area contributed by atoms with E-state index in [4.69, 9.17) is 9.47 Å². The highest BCUT2D eigenvalue weighted by Gasteiger charge is 2.49. The Morgan fingerprint density at radius 1 is 1.03 bits per heavy atom. The number of likely N-dealkylation sites (tertiary alicyclic amines) is 1. The average molecular weight is 439 g/mol. The van der Waals surface area contributed by atoms with E-state index in [1.165, 1.54) is 0 Å². The molecule has 3 atom stereocenters. The minimum absolute atomic E-state index is 0.0742. The normalized spacial score (nSPS) is 25.4. The molecule has 0 aromatic heterocycles. The first-order valence-electron chi connectivity index (χ1n) is 12.0. The minimum Gasteiger partial charge on any atom is -0.493 e. The summed E-state index contributed by atoms with van der Waals surface area (Å²) in [7, 11) is 2.22. The van der Waals surface area contributed by atoms with Crippen molar-refractivity contribution in [2.45, 2.75) is 50.2 Å². The maximum atomic E-state index is 13.3. The second-order valence-corrected chi connectivity index (χ2v) is 9.69. The Bertz CT molecular complexity index is 868. The summed E-state index contributed by atoms with van der Waals surface area (Å²) in [5.41, 5.74) is -0.891. The molecule has 0 amide bonds. The summed E-state index contributed by atoms with van der Waals surface area (Å²) in [5.74, 6) is 0.353. The fourth-order valence-electron chi connectivity index (χ4n) is 5.38. The molecule has 1 N–H and O–H groups in total. The highest BCUT2D eigenvalue weighted by Crippen LogP contribution is 2.42. The zero-order valence-electron chi connectivity index (χ0n) is 19.1. The van der Waals surface area contributed by atoms with Gasteiger partial charge in [0.2, 0.25) is 0 Å². The molecule has 2 aromatic rings. The fraction of sp³-hybridized carbons (Fsp3) is 0.519. The van der Waals surface area contributed by atoms with E-state index in [-0.39, 0.29) is 12.0 Å². The number of ether oxygens (including phenoxy) is 2. The van der Waals surface area contributed by atoms with Crippen LogP contribution in [0, 0.1) is 5.92 Å². The van der Waals surface area contributed by atoms with Gasteiger partial charge in [-0.1, -0.05) is 61.4 Å². The van der Waals surface area contributed by atoms with Crippen molar-refractivity contribution in [1.29, 1.82) is 0 Å². The summed E-state index contributed by atoms with van der Waals surface area (Å²) >= 11 is 0. The van der Waals surface area contributed by atoms with Crippen molar-refractivity contribution in [2.75, 3.05) is 33.3 Å². The van der Waals surface area contributed by atoms with Crippen LogP contribution in [0.3, 0.4) is 0 Å². The Labute approximate surface area is 191 Å². The van der Waals surface area contributed by atoms with Gasteiger partial charge in [-0.05, 0) is 30.5 Å². The van der Waals surface area contributed by atoms with Gasteiger partial charge in [0.05, 0.1) is 26.7 Å². The van der Waals surface area contributed by atoms with Crippen molar-refractivity contribution in [1.82, 2.24) is 0 Å². The topological polar surface area (TPSA) is 55.8 Å². The fourth-order valence-corrected chi connectivity index (χ4v) is 5.38. The summed E-state index contributed by atoms with van der Waals surface area (Å²) in [5, 5.41) is 11.6. The number of esters is 1. The molecule has 1 heterocycles. The van der Waals surface area contributed by atoms with Crippen LogP contribution in [0.1, 0.15) is 44.1 Å². The Morgan fingerprint density at radius 3 is 2.38 bits per heavy atom. The van der Waals surface area contributed by atoms with Crippen LogP contribution in [-0.4, -0.2) is 55.0 Å². The number of nitrogens with zero attached hydrogens (tertiary/aromatic N) is 1. The summed E-state index contributed by atoms with van der Waals surface area (Å²) in [6.07, 6.45) is 5.45. The molecule has 172 valence electrons. The monoisotopic (exact) mass is 438 g/mol. The van der Waals surface area contributed by atoms with Crippen LogP contribution < -0.4 is 4.74 Å². The predicted molar refractivity (Wildman–Crippen MR) is 124 cm³/mol. The molecule has 32 heavy (non-hydrogen) atoms. The highest BCUT2D eigenvalue weighted by atomic mass is 16.6. The molecule has 2 aromatic carbocycles. The molecular formula is C27H36NO4+. The zero-order chi connectivity index (χ0) is 22.4. The Morgan fingerprint density at radius 2 is 1.69 bits per heavy atom. The summed E-state index contributed by atoms with van der Waals surface area (Å²) in [6.45, 7) is 3.41. The maximum absolute atomic E-state index is 13.3. The minimum atomic E-state index is -1.55. The number of hydrogen-bond acceptors (Lipinski definition) is 4. The first kappa shape index (κ1) is 22.8. The summed E-state index contributed by atoms with van der Waals surface area (Å²) in [6, 6.07) is 19.2. The quantitative estimate of drug-likeness (QED) is 0.360. The van der Waals surface area contributed by atoms with Crippen LogP contribution in [-0.2, 0) is 15.1 Å². The van der Waals surface area contributed by atoms with Gasteiger partial charge in [0.1, 0.15) is 12.3 Å². The molecule has 1 aliphatic heterocycles. The molecule has 1 saturated carbocycles.